The lowest BCUT2D eigenvalue weighted by atomic mass is 9.92. The van der Waals surface area contributed by atoms with Crippen molar-refractivity contribution in [3.8, 4) is 0 Å². The van der Waals surface area contributed by atoms with Crippen LogP contribution in [0.4, 0.5) is 10.6 Å². The summed E-state index contributed by atoms with van der Waals surface area (Å²) in [5, 5.41) is 0. The van der Waals surface area contributed by atoms with E-state index < -0.39 is 0 Å². The number of amides is 2. The van der Waals surface area contributed by atoms with Gasteiger partial charge in [-0.15, -0.1) is 0 Å². The van der Waals surface area contributed by atoms with Gasteiger partial charge in [-0.3, -0.25) is 14.7 Å². The highest BCUT2D eigenvalue weighted by molar-refractivity contribution is 5.88. The van der Waals surface area contributed by atoms with E-state index in [1.54, 1.807) is 19.3 Å². The largest absolute Gasteiger partial charge is 0.447 e. The maximum Gasteiger partial charge on any atom is 0.415 e. The van der Waals surface area contributed by atoms with E-state index in [0.29, 0.717) is 18.3 Å². The van der Waals surface area contributed by atoms with E-state index >= 15 is 0 Å². The first-order valence-electron chi connectivity index (χ1n) is 8.07. The molecule has 1 aromatic rings. The van der Waals surface area contributed by atoms with Gasteiger partial charge in [0.15, 0.2) is 5.82 Å². The van der Waals surface area contributed by atoms with Gasteiger partial charge in [-0.1, -0.05) is 0 Å². The summed E-state index contributed by atoms with van der Waals surface area (Å²) in [4.78, 5) is 35.3. The van der Waals surface area contributed by atoms with Crippen LogP contribution in [-0.4, -0.2) is 52.6 Å². The molecule has 23 heavy (non-hydrogen) atoms. The molecule has 2 aliphatic rings. The van der Waals surface area contributed by atoms with Gasteiger partial charge >= 0.3 is 6.09 Å². The van der Waals surface area contributed by atoms with Gasteiger partial charge in [-0.05, 0) is 32.1 Å². The summed E-state index contributed by atoms with van der Waals surface area (Å²) < 4.78 is 5.00. The van der Waals surface area contributed by atoms with Gasteiger partial charge in [-0.2, -0.15) is 0 Å². The SMILES string of the molecule is CC(=O)N1CCC(Cc2cnc(N3C(=O)OCC3C)cn2)CC1. The van der Waals surface area contributed by atoms with Gasteiger partial charge in [-0.25, -0.2) is 9.78 Å². The van der Waals surface area contributed by atoms with Gasteiger partial charge < -0.3 is 9.64 Å². The topological polar surface area (TPSA) is 75.6 Å². The average molecular weight is 318 g/mol. The number of aromatic nitrogens is 2. The molecule has 1 unspecified atom stereocenters. The Labute approximate surface area is 135 Å². The van der Waals surface area contributed by atoms with Crippen molar-refractivity contribution in [3.63, 3.8) is 0 Å². The maximum atomic E-state index is 11.7. The standard InChI is InChI=1S/C16H22N4O3/c1-11-10-23-16(22)20(11)15-9-17-14(8-18-15)7-13-3-5-19(6-4-13)12(2)21/h8-9,11,13H,3-7,10H2,1-2H3. The zero-order valence-electron chi connectivity index (χ0n) is 13.6. The molecule has 124 valence electrons. The van der Waals surface area contributed by atoms with Crippen LogP contribution < -0.4 is 4.90 Å². The number of rotatable bonds is 3. The van der Waals surface area contributed by atoms with E-state index in [1.807, 2.05) is 11.8 Å². The Hall–Kier alpha value is -2.18. The first-order valence-corrected chi connectivity index (χ1v) is 8.07. The summed E-state index contributed by atoms with van der Waals surface area (Å²) in [5.74, 6) is 1.22. The minimum absolute atomic E-state index is 0.0152. The van der Waals surface area contributed by atoms with E-state index in [9.17, 15) is 9.59 Å². The third kappa shape index (κ3) is 3.43. The quantitative estimate of drug-likeness (QED) is 0.846. The molecule has 3 rings (SSSR count). The smallest absolute Gasteiger partial charge is 0.415 e. The Morgan fingerprint density at radius 3 is 2.57 bits per heavy atom. The molecule has 2 saturated heterocycles. The van der Waals surface area contributed by atoms with Crippen molar-refractivity contribution < 1.29 is 14.3 Å². The number of hydrogen-bond donors (Lipinski definition) is 0. The monoisotopic (exact) mass is 318 g/mol. The Balaban J connectivity index is 1.58. The third-order valence-corrected chi connectivity index (χ3v) is 4.58. The number of nitrogens with zero attached hydrogens (tertiary/aromatic N) is 4. The molecule has 0 saturated carbocycles. The number of carbonyl (C=O) groups is 2. The van der Waals surface area contributed by atoms with Crippen molar-refractivity contribution in [1.82, 2.24) is 14.9 Å². The number of piperidine rings is 1. The van der Waals surface area contributed by atoms with Crippen molar-refractivity contribution in [2.45, 2.75) is 39.2 Å². The molecule has 0 radical (unpaired) electrons. The second-order valence-corrected chi connectivity index (χ2v) is 6.32. The van der Waals surface area contributed by atoms with Crippen LogP contribution in [0, 0.1) is 5.92 Å². The van der Waals surface area contributed by atoms with E-state index in [1.165, 1.54) is 4.90 Å². The zero-order chi connectivity index (χ0) is 16.4. The molecule has 2 fully saturated rings. The van der Waals surface area contributed by atoms with E-state index in [4.69, 9.17) is 4.74 Å². The third-order valence-electron chi connectivity index (χ3n) is 4.58. The van der Waals surface area contributed by atoms with Crippen molar-refractivity contribution in [1.29, 1.82) is 0 Å². The van der Waals surface area contributed by atoms with Gasteiger partial charge in [0.25, 0.3) is 0 Å². The summed E-state index contributed by atoms with van der Waals surface area (Å²) in [5.41, 5.74) is 0.926. The Kier molecular flexibility index (Phi) is 4.45. The van der Waals surface area contributed by atoms with Crippen molar-refractivity contribution in [2.75, 3.05) is 24.6 Å². The van der Waals surface area contributed by atoms with Gasteiger partial charge in [0.1, 0.15) is 6.61 Å². The fourth-order valence-electron chi connectivity index (χ4n) is 3.16. The minimum atomic E-state index is -0.365. The summed E-state index contributed by atoms with van der Waals surface area (Å²) in [6, 6.07) is -0.0152. The molecular weight excluding hydrogens is 296 g/mol. The summed E-state index contributed by atoms with van der Waals surface area (Å²) in [6.45, 7) is 5.57. The van der Waals surface area contributed by atoms with Crippen molar-refractivity contribution in [2.24, 2.45) is 5.92 Å². The van der Waals surface area contributed by atoms with Crippen LogP contribution in [0.5, 0.6) is 0 Å². The number of carbonyl (C=O) groups excluding carboxylic acids is 2. The number of cyclic esters (lactones) is 1. The van der Waals surface area contributed by atoms with Crippen molar-refractivity contribution >= 4 is 17.8 Å². The molecule has 2 aliphatic heterocycles. The van der Waals surface area contributed by atoms with E-state index in [0.717, 1.165) is 38.0 Å². The van der Waals surface area contributed by atoms with Gasteiger partial charge in [0.2, 0.25) is 5.91 Å². The highest BCUT2D eigenvalue weighted by atomic mass is 16.6. The van der Waals surface area contributed by atoms with Crippen LogP contribution >= 0.6 is 0 Å². The fourth-order valence-corrected chi connectivity index (χ4v) is 3.16. The van der Waals surface area contributed by atoms with Crippen LogP contribution in [0.2, 0.25) is 0 Å². The first kappa shape index (κ1) is 15.7. The highest BCUT2D eigenvalue weighted by Gasteiger charge is 2.32. The maximum absolute atomic E-state index is 11.7. The number of hydrogen-bond acceptors (Lipinski definition) is 5. The molecule has 7 nitrogen and oxygen atoms in total. The molecule has 7 heteroatoms. The second-order valence-electron chi connectivity index (χ2n) is 6.32. The first-order chi connectivity index (χ1) is 11.0. The molecular formula is C16H22N4O3. The van der Waals surface area contributed by atoms with Crippen LogP contribution in [0.15, 0.2) is 12.4 Å². The molecule has 3 heterocycles. The molecule has 2 amide bonds. The lowest BCUT2D eigenvalue weighted by molar-refractivity contribution is -0.130. The molecule has 0 spiro atoms. The lowest BCUT2D eigenvalue weighted by Crippen LogP contribution is -2.37. The summed E-state index contributed by atoms with van der Waals surface area (Å²) in [7, 11) is 0. The lowest BCUT2D eigenvalue weighted by Gasteiger charge is -2.31. The Morgan fingerprint density at radius 2 is 2.04 bits per heavy atom. The van der Waals surface area contributed by atoms with E-state index in [2.05, 4.69) is 9.97 Å². The van der Waals surface area contributed by atoms with Crippen LogP contribution in [0.25, 0.3) is 0 Å². The zero-order valence-corrected chi connectivity index (χ0v) is 13.6. The molecule has 0 bridgehead atoms. The molecule has 0 aromatic carbocycles. The van der Waals surface area contributed by atoms with Crippen LogP contribution in [-0.2, 0) is 16.0 Å². The van der Waals surface area contributed by atoms with Gasteiger partial charge in [0, 0.05) is 20.0 Å². The minimum Gasteiger partial charge on any atom is -0.447 e. The molecule has 0 N–H and O–H groups in total. The van der Waals surface area contributed by atoms with Crippen molar-refractivity contribution in [3.05, 3.63) is 18.1 Å². The summed E-state index contributed by atoms with van der Waals surface area (Å²) >= 11 is 0. The normalized spacial score (nSPS) is 22.3. The predicted octanol–water partition coefficient (Wildman–Crippen LogP) is 1.62. The fraction of sp³-hybridized carbons (Fsp3) is 0.625. The Morgan fingerprint density at radius 1 is 1.30 bits per heavy atom. The number of likely N-dealkylation sites (tertiary alicyclic amines) is 1. The van der Waals surface area contributed by atoms with E-state index in [-0.39, 0.29) is 18.0 Å². The Bertz CT molecular complexity index is 581. The number of anilines is 1. The predicted molar refractivity (Wildman–Crippen MR) is 84.0 cm³/mol. The average Bonchev–Trinajstić information content (AvgIpc) is 2.88. The van der Waals surface area contributed by atoms with Gasteiger partial charge in [0.05, 0.1) is 24.1 Å². The highest BCUT2D eigenvalue weighted by Crippen LogP contribution is 2.23. The van der Waals surface area contributed by atoms with Crippen LogP contribution in [0.3, 0.4) is 0 Å². The summed E-state index contributed by atoms with van der Waals surface area (Å²) in [6.07, 6.45) is 5.88. The van der Waals surface area contributed by atoms with Crippen LogP contribution in [0.1, 0.15) is 32.4 Å². The molecule has 1 aromatic heterocycles. The molecule has 0 aliphatic carbocycles. The number of ether oxygens (including phenoxy) is 1. The second kappa shape index (κ2) is 6.52. The molecule has 1 atom stereocenters.